The van der Waals surface area contributed by atoms with Crippen molar-refractivity contribution in [3.05, 3.63) is 86.8 Å². The zero-order valence-corrected chi connectivity index (χ0v) is 17.8. The maximum atomic E-state index is 13.6. The number of carbonyl (C=O) groups excluding carboxylic acids is 1. The van der Waals surface area contributed by atoms with Gasteiger partial charge in [0.05, 0.1) is 5.39 Å². The number of amides is 1. The molecule has 2 aromatic heterocycles. The van der Waals surface area contributed by atoms with E-state index in [1.165, 1.54) is 16.9 Å². The van der Waals surface area contributed by atoms with E-state index < -0.39 is 5.91 Å². The number of hydrogen-bond donors (Lipinski definition) is 1. The molecule has 2 heterocycles. The molecule has 0 saturated heterocycles. The van der Waals surface area contributed by atoms with Crippen LogP contribution in [-0.4, -0.2) is 15.5 Å². The number of nitrogens with two attached hydrogens (primary N) is 1. The van der Waals surface area contributed by atoms with Crippen LogP contribution in [0.1, 0.15) is 28.9 Å². The molecule has 1 amide bonds. The minimum atomic E-state index is -0.437. The SMILES string of the molecule is Cc1ccc(-c2csc3nc(Cc4ccccc4)n(CCC(N)=O)c(=O)c23)c(C)c1. The molecule has 0 unspecified atom stereocenters. The highest BCUT2D eigenvalue weighted by molar-refractivity contribution is 7.17. The van der Waals surface area contributed by atoms with E-state index in [4.69, 9.17) is 10.7 Å². The standard InChI is InChI=1S/C24H23N3O2S/c1-15-8-9-18(16(2)12-15)19-14-30-23-22(19)24(29)27(11-10-20(25)28)21(26-23)13-17-6-4-3-5-7-17/h3-9,12,14H,10-11,13H2,1-2H3,(H2,25,28). The number of thiophene rings is 1. The van der Waals surface area contributed by atoms with Crippen molar-refractivity contribution in [3.63, 3.8) is 0 Å². The third-order valence-electron chi connectivity index (χ3n) is 5.23. The highest BCUT2D eigenvalue weighted by atomic mass is 32.1. The molecule has 2 N–H and O–H groups in total. The number of hydrogen-bond acceptors (Lipinski definition) is 4. The second-order valence-corrected chi connectivity index (χ2v) is 8.37. The third kappa shape index (κ3) is 3.91. The van der Waals surface area contributed by atoms with Crippen LogP contribution < -0.4 is 11.3 Å². The van der Waals surface area contributed by atoms with Gasteiger partial charge in [-0.15, -0.1) is 11.3 Å². The normalized spacial score (nSPS) is 11.1. The zero-order valence-electron chi connectivity index (χ0n) is 17.0. The maximum absolute atomic E-state index is 13.6. The van der Waals surface area contributed by atoms with Gasteiger partial charge >= 0.3 is 0 Å². The molecule has 0 saturated carbocycles. The fraction of sp³-hybridized carbons (Fsp3) is 0.208. The summed E-state index contributed by atoms with van der Waals surface area (Å²) in [6.45, 7) is 4.33. The Morgan fingerprint density at radius 2 is 1.87 bits per heavy atom. The first-order chi connectivity index (χ1) is 14.4. The van der Waals surface area contributed by atoms with Crippen LogP contribution in [0.15, 0.2) is 58.7 Å². The minimum Gasteiger partial charge on any atom is -0.370 e. The van der Waals surface area contributed by atoms with Crippen LogP contribution in [0.4, 0.5) is 0 Å². The predicted molar refractivity (Wildman–Crippen MR) is 122 cm³/mol. The Balaban J connectivity index is 1.90. The molecular weight excluding hydrogens is 394 g/mol. The minimum absolute atomic E-state index is 0.0952. The van der Waals surface area contributed by atoms with Gasteiger partial charge in [-0.05, 0) is 30.5 Å². The molecule has 0 spiro atoms. The molecule has 4 rings (SSSR count). The van der Waals surface area contributed by atoms with Gasteiger partial charge < -0.3 is 5.73 Å². The van der Waals surface area contributed by atoms with Gasteiger partial charge in [0.2, 0.25) is 5.91 Å². The molecule has 152 valence electrons. The van der Waals surface area contributed by atoms with Gasteiger partial charge in [-0.25, -0.2) is 4.98 Å². The molecule has 0 aliphatic heterocycles. The summed E-state index contributed by atoms with van der Waals surface area (Å²) < 4.78 is 1.61. The molecule has 0 radical (unpaired) electrons. The number of primary amides is 1. The summed E-state index contributed by atoms with van der Waals surface area (Å²) in [5.41, 5.74) is 10.5. The van der Waals surface area contributed by atoms with E-state index in [1.807, 2.05) is 35.7 Å². The molecule has 2 aromatic carbocycles. The largest absolute Gasteiger partial charge is 0.370 e. The molecule has 0 bridgehead atoms. The Hall–Kier alpha value is -3.25. The average molecular weight is 418 g/mol. The Morgan fingerprint density at radius 3 is 2.57 bits per heavy atom. The van der Waals surface area contributed by atoms with E-state index in [2.05, 4.69) is 32.0 Å². The topological polar surface area (TPSA) is 78.0 Å². The summed E-state index contributed by atoms with van der Waals surface area (Å²) in [5, 5.41) is 2.61. The van der Waals surface area contributed by atoms with Crippen LogP contribution in [0.3, 0.4) is 0 Å². The number of carbonyl (C=O) groups is 1. The van der Waals surface area contributed by atoms with Crippen molar-refractivity contribution in [3.8, 4) is 11.1 Å². The van der Waals surface area contributed by atoms with E-state index in [1.54, 1.807) is 4.57 Å². The van der Waals surface area contributed by atoms with Crippen LogP contribution >= 0.6 is 11.3 Å². The highest BCUT2D eigenvalue weighted by Crippen LogP contribution is 2.33. The molecule has 5 nitrogen and oxygen atoms in total. The number of benzene rings is 2. The molecule has 0 aliphatic rings. The molecule has 6 heteroatoms. The van der Waals surface area contributed by atoms with E-state index >= 15 is 0 Å². The Labute approximate surface area is 178 Å². The van der Waals surface area contributed by atoms with Crippen molar-refractivity contribution in [2.75, 3.05) is 0 Å². The van der Waals surface area contributed by atoms with Gasteiger partial charge in [0.15, 0.2) is 0 Å². The first-order valence-corrected chi connectivity index (χ1v) is 10.7. The first-order valence-electron chi connectivity index (χ1n) is 9.85. The summed E-state index contributed by atoms with van der Waals surface area (Å²) >= 11 is 1.48. The lowest BCUT2D eigenvalue weighted by molar-refractivity contribution is -0.118. The van der Waals surface area contributed by atoms with Gasteiger partial charge in [0.25, 0.3) is 5.56 Å². The number of fused-ring (bicyclic) bond motifs is 1. The average Bonchev–Trinajstić information content (AvgIpc) is 3.12. The van der Waals surface area contributed by atoms with Crippen molar-refractivity contribution in [2.45, 2.75) is 33.2 Å². The second-order valence-electron chi connectivity index (χ2n) is 7.51. The smallest absolute Gasteiger partial charge is 0.262 e. The summed E-state index contributed by atoms with van der Waals surface area (Å²) in [7, 11) is 0. The van der Waals surface area contributed by atoms with Crippen molar-refractivity contribution < 1.29 is 4.79 Å². The zero-order chi connectivity index (χ0) is 21.3. The van der Waals surface area contributed by atoms with Crippen molar-refractivity contribution in [1.82, 2.24) is 9.55 Å². The predicted octanol–water partition coefficient (Wildman–Crippen LogP) is 4.21. The number of rotatable bonds is 6. The van der Waals surface area contributed by atoms with E-state index in [0.29, 0.717) is 17.6 Å². The Kier molecular flexibility index (Phi) is 5.50. The van der Waals surface area contributed by atoms with Crippen LogP contribution in [0.5, 0.6) is 0 Å². The first kappa shape index (κ1) is 20.0. The van der Waals surface area contributed by atoms with Gasteiger partial charge in [-0.2, -0.15) is 0 Å². The summed E-state index contributed by atoms with van der Waals surface area (Å²) in [5.74, 6) is 0.210. The van der Waals surface area contributed by atoms with Crippen molar-refractivity contribution in [2.24, 2.45) is 5.73 Å². The molecule has 4 aromatic rings. The number of nitrogens with zero attached hydrogens (tertiary/aromatic N) is 2. The maximum Gasteiger partial charge on any atom is 0.262 e. The summed E-state index contributed by atoms with van der Waals surface area (Å²) in [4.78, 5) is 30.5. The molecular formula is C24H23N3O2S. The van der Waals surface area contributed by atoms with E-state index in [9.17, 15) is 9.59 Å². The van der Waals surface area contributed by atoms with Crippen molar-refractivity contribution in [1.29, 1.82) is 0 Å². The van der Waals surface area contributed by atoms with Crippen molar-refractivity contribution >= 4 is 27.5 Å². The summed E-state index contributed by atoms with van der Waals surface area (Å²) in [6.07, 6.45) is 0.611. The number of aryl methyl sites for hydroxylation is 2. The molecule has 0 atom stereocenters. The number of aromatic nitrogens is 2. The molecule has 30 heavy (non-hydrogen) atoms. The fourth-order valence-corrected chi connectivity index (χ4v) is 4.69. The Morgan fingerprint density at radius 1 is 1.10 bits per heavy atom. The quantitative estimate of drug-likeness (QED) is 0.510. The third-order valence-corrected chi connectivity index (χ3v) is 6.10. The van der Waals surface area contributed by atoms with E-state index in [-0.39, 0.29) is 18.5 Å². The second kappa shape index (κ2) is 8.24. The Bertz CT molecular complexity index is 1290. The lowest BCUT2D eigenvalue weighted by atomic mass is 9.99. The van der Waals surface area contributed by atoms with Crippen LogP contribution in [-0.2, 0) is 17.8 Å². The van der Waals surface area contributed by atoms with Gasteiger partial charge in [0, 0.05) is 30.3 Å². The van der Waals surface area contributed by atoms with Gasteiger partial charge in [0.1, 0.15) is 10.7 Å². The fourth-order valence-electron chi connectivity index (χ4n) is 3.75. The van der Waals surface area contributed by atoms with Crippen LogP contribution in [0, 0.1) is 13.8 Å². The lowest BCUT2D eigenvalue weighted by Gasteiger charge is -2.13. The monoisotopic (exact) mass is 417 g/mol. The van der Waals surface area contributed by atoms with Gasteiger partial charge in [-0.3, -0.25) is 14.2 Å². The molecule has 0 fully saturated rings. The van der Waals surface area contributed by atoms with Crippen LogP contribution in [0.2, 0.25) is 0 Å². The van der Waals surface area contributed by atoms with Gasteiger partial charge in [-0.1, -0.05) is 54.1 Å². The molecule has 0 aliphatic carbocycles. The highest BCUT2D eigenvalue weighted by Gasteiger charge is 2.18. The summed E-state index contributed by atoms with van der Waals surface area (Å²) in [6, 6.07) is 16.1. The van der Waals surface area contributed by atoms with E-state index in [0.717, 1.165) is 27.1 Å². The van der Waals surface area contributed by atoms with Crippen LogP contribution in [0.25, 0.3) is 21.3 Å². The lowest BCUT2D eigenvalue weighted by Crippen LogP contribution is -2.27.